The monoisotopic (exact) mass is 206 g/mol. The number of hydrogen-bond donors (Lipinski definition) is 0. The van der Waals surface area contributed by atoms with Gasteiger partial charge in [-0.15, -0.1) is 0 Å². The third-order valence-electron chi connectivity index (χ3n) is 3.86. The second kappa shape index (κ2) is 4.22. The number of nitriles is 1. The van der Waals surface area contributed by atoms with Gasteiger partial charge in [-0.3, -0.25) is 4.79 Å². The molecule has 0 aromatic carbocycles. The molecule has 3 heteroatoms. The lowest BCUT2D eigenvalue weighted by Gasteiger charge is -2.25. The lowest BCUT2D eigenvalue weighted by molar-refractivity contribution is -0.136. The predicted octanol–water partition coefficient (Wildman–Crippen LogP) is 1.94. The van der Waals surface area contributed by atoms with Crippen LogP contribution in [0.2, 0.25) is 0 Å². The van der Waals surface area contributed by atoms with Crippen molar-refractivity contribution in [2.24, 2.45) is 11.8 Å². The molecule has 1 amide bonds. The van der Waals surface area contributed by atoms with Gasteiger partial charge < -0.3 is 4.90 Å². The SMILES string of the molecule is CC1CCCC1C(=O)N1CCCC1C#N. The molecular formula is C12H18N2O. The molecule has 1 saturated heterocycles. The van der Waals surface area contributed by atoms with Crippen LogP contribution in [0, 0.1) is 23.2 Å². The predicted molar refractivity (Wildman–Crippen MR) is 56.9 cm³/mol. The van der Waals surface area contributed by atoms with Gasteiger partial charge in [-0.25, -0.2) is 0 Å². The van der Waals surface area contributed by atoms with Gasteiger partial charge in [0.25, 0.3) is 0 Å². The molecular weight excluding hydrogens is 188 g/mol. The number of nitrogens with zero attached hydrogens (tertiary/aromatic N) is 2. The van der Waals surface area contributed by atoms with E-state index in [-0.39, 0.29) is 17.9 Å². The van der Waals surface area contributed by atoms with Crippen molar-refractivity contribution in [3.63, 3.8) is 0 Å². The Bertz CT molecular complexity index is 294. The fourth-order valence-corrected chi connectivity index (χ4v) is 2.89. The first-order chi connectivity index (χ1) is 7.24. The van der Waals surface area contributed by atoms with Crippen LogP contribution in [-0.2, 0) is 4.79 Å². The van der Waals surface area contributed by atoms with Crippen LogP contribution in [0.4, 0.5) is 0 Å². The van der Waals surface area contributed by atoms with Crippen molar-refractivity contribution in [2.45, 2.75) is 45.1 Å². The Morgan fingerprint density at radius 3 is 2.73 bits per heavy atom. The van der Waals surface area contributed by atoms with Gasteiger partial charge in [0.2, 0.25) is 5.91 Å². The number of carbonyl (C=O) groups is 1. The molecule has 0 aromatic heterocycles. The Labute approximate surface area is 91.1 Å². The molecule has 2 aliphatic rings. The van der Waals surface area contributed by atoms with Crippen molar-refractivity contribution in [2.75, 3.05) is 6.54 Å². The summed E-state index contributed by atoms with van der Waals surface area (Å²) in [6.07, 6.45) is 5.22. The van der Waals surface area contributed by atoms with Crippen LogP contribution in [0.3, 0.4) is 0 Å². The first-order valence-corrected chi connectivity index (χ1v) is 5.94. The van der Waals surface area contributed by atoms with Gasteiger partial charge in [-0.05, 0) is 31.6 Å². The number of likely N-dealkylation sites (tertiary alicyclic amines) is 1. The minimum absolute atomic E-state index is 0.148. The van der Waals surface area contributed by atoms with Crippen LogP contribution >= 0.6 is 0 Å². The molecule has 0 N–H and O–H groups in total. The normalized spacial score (nSPS) is 35.5. The molecule has 1 saturated carbocycles. The van der Waals surface area contributed by atoms with Crippen molar-refractivity contribution >= 4 is 5.91 Å². The van der Waals surface area contributed by atoms with E-state index in [1.165, 1.54) is 12.8 Å². The summed E-state index contributed by atoms with van der Waals surface area (Å²) in [5, 5.41) is 8.95. The molecule has 1 heterocycles. The third-order valence-corrected chi connectivity index (χ3v) is 3.86. The average Bonchev–Trinajstić information content (AvgIpc) is 2.84. The van der Waals surface area contributed by atoms with E-state index < -0.39 is 0 Å². The minimum Gasteiger partial charge on any atom is -0.326 e. The van der Waals surface area contributed by atoms with E-state index in [2.05, 4.69) is 13.0 Å². The third kappa shape index (κ3) is 1.86. The number of rotatable bonds is 1. The minimum atomic E-state index is -0.148. The first-order valence-electron chi connectivity index (χ1n) is 5.94. The van der Waals surface area contributed by atoms with Crippen LogP contribution in [0.1, 0.15) is 39.0 Å². The largest absolute Gasteiger partial charge is 0.326 e. The van der Waals surface area contributed by atoms with Crippen molar-refractivity contribution in [3.8, 4) is 6.07 Å². The van der Waals surface area contributed by atoms with Crippen LogP contribution in [0.25, 0.3) is 0 Å². The molecule has 15 heavy (non-hydrogen) atoms. The zero-order chi connectivity index (χ0) is 10.8. The van der Waals surface area contributed by atoms with E-state index in [1.807, 2.05) is 4.90 Å². The highest BCUT2D eigenvalue weighted by Crippen LogP contribution is 2.34. The van der Waals surface area contributed by atoms with Gasteiger partial charge in [-0.2, -0.15) is 5.26 Å². The Morgan fingerprint density at radius 2 is 2.13 bits per heavy atom. The molecule has 3 nitrogen and oxygen atoms in total. The number of carbonyl (C=O) groups excluding carboxylic acids is 1. The Balaban J connectivity index is 2.04. The molecule has 1 aliphatic carbocycles. The zero-order valence-electron chi connectivity index (χ0n) is 9.28. The standard InChI is InChI=1S/C12H18N2O/c1-9-4-2-6-11(9)12(15)14-7-3-5-10(14)8-13/h9-11H,2-7H2,1H3. The summed E-state index contributed by atoms with van der Waals surface area (Å²) in [5.74, 6) is 0.945. The highest BCUT2D eigenvalue weighted by Gasteiger charge is 2.37. The quantitative estimate of drug-likeness (QED) is 0.658. The Morgan fingerprint density at radius 1 is 1.33 bits per heavy atom. The van der Waals surface area contributed by atoms with E-state index in [9.17, 15) is 4.79 Å². The van der Waals surface area contributed by atoms with Crippen molar-refractivity contribution in [3.05, 3.63) is 0 Å². The lowest BCUT2D eigenvalue weighted by Crippen LogP contribution is -2.39. The molecule has 0 aromatic rings. The van der Waals surface area contributed by atoms with Gasteiger partial charge in [0.05, 0.1) is 6.07 Å². The highest BCUT2D eigenvalue weighted by atomic mass is 16.2. The summed E-state index contributed by atoms with van der Waals surface area (Å²) in [6, 6.07) is 2.09. The van der Waals surface area contributed by atoms with Crippen LogP contribution in [-0.4, -0.2) is 23.4 Å². The topological polar surface area (TPSA) is 44.1 Å². The van der Waals surface area contributed by atoms with Crippen LogP contribution in [0.15, 0.2) is 0 Å². The second-order valence-electron chi connectivity index (χ2n) is 4.83. The smallest absolute Gasteiger partial charge is 0.227 e. The molecule has 3 atom stereocenters. The summed E-state index contributed by atoms with van der Waals surface area (Å²) >= 11 is 0. The maximum absolute atomic E-state index is 12.2. The van der Waals surface area contributed by atoms with Gasteiger partial charge in [-0.1, -0.05) is 13.3 Å². The number of hydrogen-bond acceptors (Lipinski definition) is 2. The molecule has 2 fully saturated rings. The molecule has 1 aliphatic heterocycles. The van der Waals surface area contributed by atoms with Gasteiger partial charge in [0.15, 0.2) is 0 Å². The van der Waals surface area contributed by atoms with E-state index in [1.54, 1.807) is 0 Å². The first kappa shape index (κ1) is 10.5. The summed E-state index contributed by atoms with van der Waals surface area (Å²) < 4.78 is 0. The molecule has 82 valence electrons. The number of amides is 1. The van der Waals surface area contributed by atoms with Gasteiger partial charge in [0.1, 0.15) is 6.04 Å². The summed E-state index contributed by atoms with van der Waals surface area (Å²) in [4.78, 5) is 14.0. The summed E-state index contributed by atoms with van der Waals surface area (Å²) in [6.45, 7) is 2.95. The molecule has 3 unspecified atom stereocenters. The average molecular weight is 206 g/mol. The van der Waals surface area contributed by atoms with Crippen molar-refractivity contribution in [1.29, 1.82) is 5.26 Å². The van der Waals surface area contributed by atoms with Crippen molar-refractivity contribution < 1.29 is 4.79 Å². The van der Waals surface area contributed by atoms with Gasteiger partial charge >= 0.3 is 0 Å². The highest BCUT2D eigenvalue weighted by molar-refractivity contribution is 5.80. The Kier molecular flexibility index (Phi) is 2.95. The summed E-state index contributed by atoms with van der Waals surface area (Å²) in [7, 11) is 0. The molecule has 2 rings (SSSR count). The van der Waals surface area contributed by atoms with Crippen LogP contribution < -0.4 is 0 Å². The maximum atomic E-state index is 12.2. The van der Waals surface area contributed by atoms with E-state index in [0.29, 0.717) is 5.92 Å². The van der Waals surface area contributed by atoms with Gasteiger partial charge in [0, 0.05) is 12.5 Å². The fraction of sp³-hybridized carbons (Fsp3) is 0.833. The summed E-state index contributed by atoms with van der Waals surface area (Å²) in [5.41, 5.74) is 0. The van der Waals surface area contributed by atoms with E-state index >= 15 is 0 Å². The van der Waals surface area contributed by atoms with E-state index in [4.69, 9.17) is 5.26 Å². The van der Waals surface area contributed by atoms with E-state index in [0.717, 1.165) is 25.8 Å². The molecule has 0 spiro atoms. The molecule has 0 radical (unpaired) electrons. The van der Waals surface area contributed by atoms with Crippen molar-refractivity contribution in [1.82, 2.24) is 4.90 Å². The lowest BCUT2D eigenvalue weighted by atomic mass is 9.96. The Hall–Kier alpha value is -1.04. The molecule has 0 bridgehead atoms. The van der Waals surface area contributed by atoms with Crippen LogP contribution in [0.5, 0.6) is 0 Å². The second-order valence-corrected chi connectivity index (χ2v) is 4.83. The zero-order valence-corrected chi connectivity index (χ0v) is 9.28. The fourth-order valence-electron chi connectivity index (χ4n) is 2.89. The maximum Gasteiger partial charge on any atom is 0.227 e.